The third-order valence-electron chi connectivity index (χ3n) is 3.84. The monoisotopic (exact) mass is 285 g/mol. The van der Waals surface area contributed by atoms with E-state index in [1.165, 1.54) is 26.4 Å². The third-order valence-corrected chi connectivity index (χ3v) is 3.84. The first-order valence-electron chi connectivity index (χ1n) is 8.00. The van der Waals surface area contributed by atoms with Crippen molar-refractivity contribution in [2.24, 2.45) is 5.92 Å². The Kier molecular flexibility index (Phi) is 7.52. The van der Waals surface area contributed by atoms with Crippen molar-refractivity contribution < 1.29 is 14.3 Å². The van der Waals surface area contributed by atoms with Crippen LogP contribution in [0.1, 0.15) is 59.3 Å². The quantitative estimate of drug-likeness (QED) is 0.468. The van der Waals surface area contributed by atoms with Crippen molar-refractivity contribution in [2.75, 3.05) is 20.3 Å². The first kappa shape index (κ1) is 17.4. The number of methoxy groups -OCH3 is 1. The molecule has 20 heavy (non-hydrogen) atoms. The molecule has 1 aliphatic carbocycles. The Bertz CT molecular complexity index is 289. The Hall–Kier alpha value is -0.610. The molecule has 0 saturated heterocycles. The second-order valence-corrected chi connectivity index (χ2v) is 6.15. The topological polar surface area (TPSA) is 47.6 Å². The first-order chi connectivity index (χ1) is 9.56. The predicted molar refractivity (Wildman–Crippen MR) is 80.7 cm³/mol. The number of hydrogen-bond acceptors (Lipinski definition) is 4. The molecule has 118 valence electrons. The maximum Gasteiger partial charge on any atom is 0.328 e. The van der Waals surface area contributed by atoms with Gasteiger partial charge in [0.05, 0.1) is 13.7 Å². The van der Waals surface area contributed by atoms with Crippen molar-refractivity contribution in [3.63, 3.8) is 0 Å². The number of nitrogens with one attached hydrogen (secondary N) is 1. The van der Waals surface area contributed by atoms with Gasteiger partial charge < -0.3 is 9.47 Å². The summed E-state index contributed by atoms with van der Waals surface area (Å²) in [6.45, 7) is 7.46. The Labute approximate surface area is 123 Å². The zero-order chi connectivity index (χ0) is 15.0. The number of carbonyl (C=O) groups is 1. The van der Waals surface area contributed by atoms with Gasteiger partial charge >= 0.3 is 5.97 Å². The van der Waals surface area contributed by atoms with Gasteiger partial charge in [-0.1, -0.05) is 26.2 Å². The second-order valence-electron chi connectivity index (χ2n) is 6.15. The lowest BCUT2D eigenvalue weighted by Crippen LogP contribution is -2.60. The Balaban J connectivity index is 2.51. The van der Waals surface area contributed by atoms with Crippen molar-refractivity contribution in [1.82, 2.24) is 5.32 Å². The molecule has 1 saturated carbocycles. The minimum Gasteiger partial charge on any atom is -0.468 e. The van der Waals surface area contributed by atoms with E-state index in [2.05, 4.69) is 26.1 Å². The zero-order valence-corrected chi connectivity index (χ0v) is 13.5. The molecule has 0 aromatic carbocycles. The minimum atomic E-state index is -0.645. The van der Waals surface area contributed by atoms with Crippen molar-refractivity contribution >= 4 is 5.97 Å². The van der Waals surface area contributed by atoms with Crippen LogP contribution in [0.2, 0.25) is 0 Å². The molecule has 1 unspecified atom stereocenters. The molecule has 0 aromatic heterocycles. The Morgan fingerprint density at radius 3 is 2.50 bits per heavy atom. The SMILES string of the molecule is CCCCCCOCC(NC(C)C)(C(=O)OC)C1CC1. The van der Waals surface area contributed by atoms with Gasteiger partial charge in [-0.05, 0) is 39.0 Å². The summed E-state index contributed by atoms with van der Waals surface area (Å²) in [5.74, 6) is 0.176. The average molecular weight is 285 g/mol. The van der Waals surface area contributed by atoms with Crippen LogP contribution in [-0.2, 0) is 14.3 Å². The zero-order valence-electron chi connectivity index (χ0n) is 13.5. The van der Waals surface area contributed by atoms with Gasteiger partial charge in [0.15, 0.2) is 0 Å². The first-order valence-corrected chi connectivity index (χ1v) is 8.00. The van der Waals surface area contributed by atoms with E-state index in [1.54, 1.807) is 0 Å². The van der Waals surface area contributed by atoms with E-state index in [4.69, 9.17) is 9.47 Å². The Morgan fingerprint density at radius 1 is 1.30 bits per heavy atom. The van der Waals surface area contributed by atoms with E-state index in [0.717, 1.165) is 25.9 Å². The molecule has 1 fully saturated rings. The third kappa shape index (κ3) is 5.06. The van der Waals surface area contributed by atoms with Crippen molar-refractivity contribution in [3.8, 4) is 0 Å². The van der Waals surface area contributed by atoms with Gasteiger partial charge in [-0.15, -0.1) is 0 Å². The summed E-state index contributed by atoms with van der Waals surface area (Å²) in [7, 11) is 1.46. The van der Waals surface area contributed by atoms with E-state index in [9.17, 15) is 4.79 Å². The summed E-state index contributed by atoms with van der Waals surface area (Å²) in [6.07, 6.45) is 6.89. The van der Waals surface area contributed by atoms with Crippen LogP contribution < -0.4 is 5.32 Å². The van der Waals surface area contributed by atoms with Crippen molar-refractivity contribution in [2.45, 2.75) is 70.9 Å². The normalized spacial score (nSPS) is 18.1. The van der Waals surface area contributed by atoms with Crippen LogP contribution in [0.3, 0.4) is 0 Å². The molecule has 0 radical (unpaired) electrons. The number of carbonyl (C=O) groups excluding carboxylic acids is 1. The Morgan fingerprint density at radius 2 is 2.00 bits per heavy atom. The number of ether oxygens (including phenoxy) is 2. The van der Waals surface area contributed by atoms with Gasteiger partial charge in [-0.2, -0.15) is 0 Å². The van der Waals surface area contributed by atoms with E-state index in [-0.39, 0.29) is 12.0 Å². The highest BCUT2D eigenvalue weighted by Gasteiger charge is 2.52. The highest BCUT2D eigenvalue weighted by Crippen LogP contribution is 2.41. The predicted octanol–water partition coefficient (Wildman–Crippen LogP) is 2.90. The molecule has 4 heteroatoms. The average Bonchev–Trinajstić information content (AvgIpc) is 3.24. The summed E-state index contributed by atoms with van der Waals surface area (Å²) in [5, 5.41) is 3.41. The van der Waals surface area contributed by atoms with Crippen LogP contribution >= 0.6 is 0 Å². The van der Waals surface area contributed by atoms with Crippen LogP contribution in [0, 0.1) is 5.92 Å². The van der Waals surface area contributed by atoms with E-state index < -0.39 is 5.54 Å². The van der Waals surface area contributed by atoms with Crippen LogP contribution in [0.25, 0.3) is 0 Å². The lowest BCUT2D eigenvalue weighted by molar-refractivity contribution is -0.153. The summed E-state index contributed by atoms with van der Waals surface area (Å²) in [6, 6.07) is 0.235. The van der Waals surface area contributed by atoms with Crippen LogP contribution in [0.4, 0.5) is 0 Å². The van der Waals surface area contributed by atoms with Crippen LogP contribution in [0.15, 0.2) is 0 Å². The number of rotatable bonds is 11. The molecule has 1 atom stereocenters. The summed E-state index contributed by atoms with van der Waals surface area (Å²) >= 11 is 0. The lowest BCUT2D eigenvalue weighted by Gasteiger charge is -2.34. The van der Waals surface area contributed by atoms with E-state index in [1.807, 2.05) is 0 Å². The maximum absolute atomic E-state index is 12.3. The summed E-state index contributed by atoms with van der Waals surface area (Å²) in [4.78, 5) is 12.3. The van der Waals surface area contributed by atoms with Gasteiger partial charge in [0.25, 0.3) is 0 Å². The number of unbranched alkanes of at least 4 members (excludes halogenated alkanes) is 3. The fraction of sp³-hybridized carbons (Fsp3) is 0.938. The van der Waals surface area contributed by atoms with Crippen molar-refractivity contribution in [1.29, 1.82) is 0 Å². The van der Waals surface area contributed by atoms with Gasteiger partial charge in [0.2, 0.25) is 0 Å². The molecule has 0 spiro atoms. The molecule has 1 rings (SSSR count). The minimum absolute atomic E-state index is 0.178. The second kappa shape index (κ2) is 8.63. The maximum atomic E-state index is 12.3. The molecule has 1 aliphatic rings. The fourth-order valence-corrected chi connectivity index (χ4v) is 2.70. The van der Waals surface area contributed by atoms with E-state index in [0.29, 0.717) is 12.5 Å². The molecular weight excluding hydrogens is 254 g/mol. The summed E-state index contributed by atoms with van der Waals surface area (Å²) in [5.41, 5.74) is -0.645. The highest BCUT2D eigenvalue weighted by atomic mass is 16.5. The highest BCUT2D eigenvalue weighted by molar-refractivity contribution is 5.82. The number of esters is 1. The molecule has 0 heterocycles. The lowest BCUT2D eigenvalue weighted by atomic mass is 9.93. The van der Waals surface area contributed by atoms with Gasteiger partial charge in [-0.3, -0.25) is 5.32 Å². The molecule has 0 bridgehead atoms. The smallest absolute Gasteiger partial charge is 0.328 e. The molecule has 0 amide bonds. The molecule has 1 N–H and O–H groups in total. The standard InChI is InChI=1S/C16H31NO3/c1-5-6-7-8-11-20-12-16(14-9-10-14,15(18)19-4)17-13(2)3/h13-14,17H,5-12H2,1-4H3. The van der Waals surface area contributed by atoms with Crippen molar-refractivity contribution in [3.05, 3.63) is 0 Å². The largest absolute Gasteiger partial charge is 0.468 e. The van der Waals surface area contributed by atoms with Gasteiger partial charge in [-0.25, -0.2) is 4.79 Å². The molecule has 0 aromatic rings. The number of hydrogen-bond donors (Lipinski definition) is 1. The molecular formula is C16H31NO3. The molecule has 0 aliphatic heterocycles. The van der Waals surface area contributed by atoms with Gasteiger partial charge in [0, 0.05) is 12.6 Å². The van der Waals surface area contributed by atoms with Gasteiger partial charge in [0.1, 0.15) is 5.54 Å². The molecule has 4 nitrogen and oxygen atoms in total. The van der Waals surface area contributed by atoms with Crippen LogP contribution in [0.5, 0.6) is 0 Å². The fourth-order valence-electron chi connectivity index (χ4n) is 2.70. The summed E-state index contributed by atoms with van der Waals surface area (Å²) < 4.78 is 10.8. The van der Waals surface area contributed by atoms with Crippen LogP contribution in [-0.4, -0.2) is 37.9 Å². The van der Waals surface area contributed by atoms with E-state index >= 15 is 0 Å².